The molecule has 0 aromatic heterocycles. The van der Waals surface area contributed by atoms with Crippen LogP contribution in [0.5, 0.6) is 0 Å². The molecule has 0 amide bonds. The van der Waals surface area contributed by atoms with Crippen LogP contribution in [-0.4, -0.2) is 25.2 Å². The van der Waals surface area contributed by atoms with Crippen molar-refractivity contribution < 1.29 is 0 Å². The van der Waals surface area contributed by atoms with Gasteiger partial charge in [0, 0.05) is 18.6 Å². The molecule has 0 aromatic rings. The molecule has 0 aromatic carbocycles. The minimum atomic E-state index is 0.783. The van der Waals surface area contributed by atoms with Crippen LogP contribution in [0.2, 0.25) is 0 Å². The summed E-state index contributed by atoms with van der Waals surface area (Å²) in [4.78, 5) is 0. The Kier molecular flexibility index (Phi) is 1.91. The summed E-state index contributed by atoms with van der Waals surface area (Å²) in [6, 6.07) is 1.64. The summed E-state index contributed by atoms with van der Waals surface area (Å²) < 4.78 is 0. The van der Waals surface area contributed by atoms with Crippen LogP contribution < -0.4 is 10.6 Å². The number of rotatable bonds is 0. The number of hydrogen-bond donors (Lipinski definition) is 2. The van der Waals surface area contributed by atoms with E-state index in [4.69, 9.17) is 0 Å². The average molecular weight is 140 g/mol. The van der Waals surface area contributed by atoms with Crippen molar-refractivity contribution >= 4 is 0 Å². The fourth-order valence-corrected chi connectivity index (χ4v) is 2.04. The summed E-state index contributed by atoms with van der Waals surface area (Å²) in [6.45, 7) is 2.42. The van der Waals surface area contributed by atoms with Crippen molar-refractivity contribution in [3.8, 4) is 0 Å². The van der Waals surface area contributed by atoms with Crippen molar-refractivity contribution in [3.63, 3.8) is 0 Å². The third-order valence-electron chi connectivity index (χ3n) is 2.63. The van der Waals surface area contributed by atoms with Gasteiger partial charge in [-0.2, -0.15) is 0 Å². The zero-order chi connectivity index (χ0) is 6.81. The van der Waals surface area contributed by atoms with Gasteiger partial charge in [-0.1, -0.05) is 0 Å². The molecule has 2 fully saturated rings. The smallest absolute Gasteiger partial charge is 0.0195 e. The van der Waals surface area contributed by atoms with Crippen molar-refractivity contribution in [3.05, 3.63) is 0 Å². The van der Waals surface area contributed by atoms with E-state index in [-0.39, 0.29) is 0 Å². The van der Waals surface area contributed by atoms with Gasteiger partial charge in [0.2, 0.25) is 0 Å². The summed E-state index contributed by atoms with van der Waals surface area (Å²) in [5, 5.41) is 7.08. The molecule has 0 saturated carbocycles. The van der Waals surface area contributed by atoms with E-state index in [0.717, 1.165) is 12.1 Å². The van der Waals surface area contributed by atoms with Gasteiger partial charge < -0.3 is 10.6 Å². The lowest BCUT2D eigenvalue weighted by Gasteiger charge is -2.18. The van der Waals surface area contributed by atoms with Crippen LogP contribution in [0.4, 0.5) is 0 Å². The maximum Gasteiger partial charge on any atom is 0.0195 e. The first-order chi connectivity index (χ1) is 4.95. The zero-order valence-corrected chi connectivity index (χ0v) is 6.40. The minimum absolute atomic E-state index is 0.783. The number of fused-ring (bicyclic) bond motifs is 2. The third-order valence-corrected chi connectivity index (χ3v) is 2.63. The highest BCUT2D eigenvalue weighted by atomic mass is 15.0. The Morgan fingerprint density at radius 1 is 1.00 bits per heavy atom. The lowest BCUT2D eigenvalue weighted by Crippen LogP contribution is -2.40. The van der Waals surface area contributed by atoms with Crippen LogP contribution in [0.1, 0.15) is 25.7 Å². The van der Waals surface area contributed by atoms with E-state index in [1.165, 1.54) is 38.8 Å². The molecule has 2 aliphatic rings. The van der Waals surface area contributed by atoms with Crippen molar-refractivity contribution in [2.45, 2.75) is 37.8 Å². The summed E-state index contributed by atoms with van der Waals surface area (Å²) in [5.41, 5.74) is 0. The molecule has 0 spiro atoms. The SMILES string of the molecule is C1CNCC2CCC(C1)N2. The lowest BCUT2D eigenvalue weighted by atomic mass is 10.1. The van der Waals surface area contributed by atoms with Gasteiger partial charge in [0.15, 0.2) is 0 Å². The maximum absolute atomic E-state index is 3.63. The Hall–Kier alpha value is -0.0800. The highest BCUT2D eigenvalue weighted by Crippen LogP contribution is 2.17. The Bertz CT molecular complexity index is 102. The van der Waals surface area contributed by atoms with Gasteiger partial charge in [-0.3, -0.25) is 0 Å². The van der Waals surface area contributed by atoms with E-state index < -0.39 is 0 Å². The molecule has 2 aliphatic heterocycles. The van der Waals surface area contributed by atoms with Crippen LogP contribution in [0.15, 0.2) is 0 Å². The number of hydrogen-bond acceptors (Lipinski definition) is 2. The molecule has 2 nitrogen and oxygen atoms in total. The van der Waals surface area contributed by atoms with Gasteiger partial charge in [0.25, 0.3) is 0 Å². The van der Waals surface area contributed by atoms with E-state index in [2.05, 4.69) is 10.6 Å². The van der Waals surface area contributed by atoms with Crippen molar-refractivity contribution in [2.24, 2.45) is 0 Å². The molecule has 2 rings (SSSR count). The molecule has 2 bridgehead atoms. The van der Waals surface area contributed by atoms with E-state index in [9.17, 15) is 0 Å². The van der Waals surface area contributed by atoms with Crippen LogP contribution in [-0.2, 0) is 0 Å². The molecule has 2 unspecified atom stereocenters. The Balaban J connectivity index is 1.91. The van der Waals surface area contributed by atoms with Gasteiger partial charge in [0.1, 0.15) is 0 Å². The second-order valence-corrected chi connectivity index (χ2v) is 3.48. The van der Waals surface area contributed by atoms with Crippen molar-refractivity contribution in [1.29, 1.82) is 0 Å². The first kappa shape index (κ1) is 6.62. The summed E-state index contributed by atoms with van der Waals surface area (Å²) >= 11 is 0. The molecule has 2 heterocycles. The topological polar surface area (TPSA) is 24.1 Å². The predicted octanol–water partition coefficient (Wildman–Crippen LogP) is 0.490. The van der Waals surface area contributed by atoms with Crippen LogP contribution >= 0.6 is 0 Å². The number of nitrogens with one attached hydrogen (secondary N) is 2. The average Bonchev–Trinajstić information content (AvgIpc) is 2.30. The van der Waals surface area contributed by atoms with Gasteiger partial charge in [-0.25, -0.2) is 0 Å². The molecule has 2 heteroatoms. The summed E-state index contributed by atoms with van der Waals surface area (Å²) in [6.07, 6.45) is 5.53. The maximum atomic E-state index is 3.63. The second-order valence-electron chi connectivity index (χ2n) is 3.48. The lowest BCUT2D eigenvalue weighted by molar-refractivity contribution is 0.435. The van der Waals surface area contributed by atoms with Crippen molar-refractivity contribution in [1.82, 2.24) is 10.6 Å². The van der Waals surface area contributed by atoms with E-state index in [0.29, 0.717) is 0 Å². The highest BCUT2D eigenvalue weighted by molar-refractivity contribution is 4.86. The monoisotopic (exact) mass is 140 g/mol. The van der Waals surface area contributed by atoms with Gasteiger partial charge >= 0.3 is 0 Å². The molecule has 2 atom stereocenters. The third kappa shape index (κ3) is 1.32. The van der Waals surface area contributed by atoms with Gasteiger partial charge in [-0.15, -0.1) is 0 Å². The Labute approximate surface area is 62.4 Å². The predicted molar refractivity (Wildman–Crippen MR) is 42.0 cm³/mol. The minimum Gasteiger partial charge on any atom is -0.315 e. The fraction of sp³-hybridized carbons (Fsp3) is 1.00. The van der Waals surface area contributed by atoms with Gasteiger partial charge in [-0.05, 0) is 32.2 Å². The van der Waals surface area contributed by atoms with Crippen LogP contribution in [0.3, 0.4) is 0 Å². The summed E-state index contributed by atoms with van der Waals surface area (Å²) in [5.74, 6) is 0. The van der Waals surface area contributed by atoms with Crippen molar-refractivity contribution in [2.75, 3.05) is 13.1 Å². The largest absolute Gasteiger partial charge is 0.315 e. The van der Waals surface area contributed by atoms with E-state index >= 15 is 0 Å². The van der Waals surface area contributed by atoms with Crippen LogP contribution in [0, 0.1) is 0 Å². The molecule has 0 radical (unpaired) electrons. The Morgan fingerprint density at radius 2 is 1.90 bits per heavy atom. The van der Waals surface area contributed by atoms with E-state index in [1.807, 2.05) is 0 Å². The second kappa shape index (κ2) is 2.89. The molecular formula is C8H16N2. The fourth-order valence-electron chi connectivity index (χ4n) is 2.04. The summed E-state index contributed by atoms with van der Waals surface area (Å²) in [7, 11) is 0. The normalized spacial score (nSPS) is 40.8. The standard InChI is InChI=1S/C8H16N2/c1-2-7-3-4-8(10-7)6-9-5-1/h7-10H,1-6H2. The molecule has 2 N–H and O–H groups in total. The molecule has 2 saturated heterocycles. The zero-order valence-electron chi connectivity index (χ0n) is 6.40. The molecule has 0 aliphatic carbocycles. The Morgan fingerprint density at radius 3 is 2.90 bits per heavy atom. The molecule has 58 valence electrons. The quantitative estimate of drug-likeness (QED) is 0.511. The van der Waals surface area contributed by atoms with Gasteiger partial charge in [0.05, 0.1) is 0 Å². The van der Waals surface area contributed by atoms with Crippen LogP contribution in [0.25, 0.3) is 0 Å². The first-order valence-electron chi connectivity index (χ1n) is 4.42. The molecular weight excluding hydrogens is 124 g/mol. The first-order valence-corrected chi connectivity index (χ1v) is 4.42. The highest BCUT2D eigenvalue weighted by Gasteiger charge is 2.23. The molecule has 10 heavy (non-hydrogen) atoms. The van der Waals surface area contributed by atoms with E-state index in [1.54, 1.807) is 0 Å².